The maximum absolute atomic E-state index is 14.1. The standard InChI is InChI=1S/C33H24F6O6/c1-33(2)44-27(15-42-31(40)19-7-3-17(4-8-19)21-11-25(37)30(39)26(38)12-21)28(45-33)16-43-32(41)20-9-5-18(6-10-20)29-23(35)13-22(34)14-24(29)36/h3-14,27-28H,15-16H2,1-2H3/t27-,28-/m1/s1. The monoisotopic (exact) mass is 630 g/mol. The van der Waals surface area contributed by atoms with Crippen molar-refractivity contribution in [3.8, 4) is 22.3 Å². The summed E-state index contributed by atoms with van der Waals surface area (Å²) in [6.07, 6.45) is -1.66. The summed E-state index contributed by atoms with van der Waals surface area (Å²) >= 11 is 0. The fourth-order valence-electron chi connectivity index (χ4n) is 4.79. The summed E-state index contributed by atoms with van der Waals surface area (Å²) in [5.41, 5.74) is 0.246. The number of rotatable bonds is 8. The van der Waals surface area contributed by atoms with Gasteiger partial charge in [0.2, 0.25) is 0 Å². The van der Waals surface area contributed by atoms with Crippen LogP contribution in [0.2, 0.25) is 0 Å². The van der Waals surface area contributed by atoms with Crippen molar-refractivity contribution in [2.75, 3.05) is 13.2 Å². The molecule has 2 atom stereocenters. The van der Waals surface area contributed by atoms with Crippen LogP contribution in [0.15, 0.2) is 72.8 Å². The first-order chi connectivity index (χ1) is 21.3. The van der Waals surface area contributed by atoms with Crippen molar-refractivity contribution < 1.29 is 54.9 Å². The average molecular weight is 631 g/mol. The lowest BCUT2D eigenvalue weighted by molar-refractivity contribution is -0.151. The van der Waals surface area contributed by atoms with Crippen LogP contribution in [0.25, 0.3) is 22.3 Å². The smallest absolute Gasteiger partial charge is 0.338 e. The molecule has 1 aliphatic rings. The normalized spacial score (nSPS) is 17.2. The number of carbonyl (C=O) groups is 2. The number of esters is 2. The van der Waals surface area contributed by atoms with Gasteiger partial charge in [0.25, 0.3) is 0 Å². The maximum atomic E-state index is 14.1. The molecule has 0 spiro atoms. The Kier molecular flexibility index (Phi) is 8.98. The lowest BCUT2D eigenvalue weighted by atomic mass is 10.0. The van der Waals surface area contributed by atoms with Crippen molar-refractivity contribution >= 4 is 11.9 Å². The van der Waals surface area contributed by atoms with Crippen LogP contribution in [0.4, 0.5) is 26.3 Å². The highest BCUT2D eigenvalue weighted by Gasteiger charge is 2.42. The number of hydrogen-bond donors (Lipinski definition) is 0. The molecule has 6 nitrogen and oxygen atoms in total. The summed E-state index contributed by atoms with van der Waals surface area (Å²) < 4.78 is 104. The van der Waals surface area contributed by atoms with E-state index in [9.17, 15) is 35.9 Å². The highest BCUT2D eigenvalue weighted by Crippen LogP contribution is 2.30. The largest absolute Gasteiger partial charge is 0.459 e. The summed E-state index contributed by atoms with van der Waals surface area (Å²) in [5, 5.41) is 0. The SMILES string of the molecule is CC1(C)O[C@H](COC(=O)c2ccc(-c3cc(F)c(F)c(F)c3)cc2)[C@@H](COC(=O)c2ccc(-c3c(F)cc(F)cc3F)cc2)O1. The lowest BCUT2D eigenvalue weighted by Crippen LogP contribution is -2.33. The topological polar surface area (TPSA) is 71.1 Å². The predicted octanol–water partition coefficient (Wildman–Crippen LogP) is 7.39. The van der Waals surface area contributed by atoms with Gasteiger partial charge in [-0.2, -0.15) is 0 Å². The third kappa shape index (κ3) is 7.18. The number of carbonyl (C=O) groups excluding carboxylic acids is 2. The van der Waals surface area contributed by atoms with Crippen molar-refractivity contribution in [3.05, 3.63) is 119 Å². The quantitative estimate of drug-likeness (QED) is 0.115. The fraction of sp³-hybridized carbons (Fsp3) is 0.212. The molecule has 4 aromatic rings. The third-order valence-electron chi connectivity index (χ3n) is 6.90. The van der Waals surface area contributed by atoms with Gasteiger partial charge in [0, 0.05) is 12.1 Å². The van der Waals surface area contributed by atoms with Crippen LogP contribution in [0, 0.1) is 34.9 Å². The number of benzene rings is 4. The van der Waals surface area contributed by atoms with Gasteiger partial charge in [-0.1, -0.05) is 24.3 Å². The van der Waals surface area contributed by atoms with E-state index in [0.717, 1.165) is 12.1 Å². The molecule has 234 valence electrons. The van der Waals surface area contributed by atoms with E-state index in [1.807, 2.05) is 0 Å². The Morgan fingerprint density at radius 2 is 1.04 bits per heavy atom. The molecule has 0 unspecified atom stereocenters. The van der Waals surface area contributed by atoms with Crippen LogP contribution < -0.4 is 0 Å². The van der Waals surface area contributed by atoms with E-state index in [2.05, 4.69) is 0 Å². The van der Waals surface area contributed by atoms with Crippen molar-refractivity contribution in [1.82, 2.24) is 0 Å². The van der Waals surface area contributed by atoms with E-state index < -0.39 is 70.4 Å². The minimum absolute atomic E-state index is 0.0670. The van der Waals surface area contributed by atoms with Gasteiger partial charge < -0.3 is 18.9 Å². The highest BCUT2D eigenvalue weighted by atomic mass is 19.2. The molecular weight excluding hydrogens is 606 g/mol. The first-order valence-corrected chi connectivity index (χ1v) is 13.5. The Labute approximate surface area is 253 Å². The van der Waals surface area contributed by atoms with E-state index in [1.54, 1.807) is 13.8 Å². The predicted molar refractivity (Wildman–Crippen MR) is 148 cm³/mol. The molecule has 0 bridgehead atoms. The number of ether oxygens (including phenoxy) is 4. The minimum Gasteiger partial charge on any atom is -0.459 e. The van der Waals surface area contributed by atoms with Crippen LogP contribution in [0.5, 0.6) is 0 Å². The van der Waals surface area contributed by atoms with Gasteiger partial charge in [0.05, 0.1) is 16.7 Å². The first-order valence-electron chi connectivity index (χ1n) is 13.5. The molecule has 4 aromatic carbocycles. The van der Waals surface area contributed by atoms with Crippen molar-refractivity contribution in [2.24, 2.45) is 0 Å². The highest BCUT2D eigenvalue weighted by molar-refractivity contribution is 5.90. The molecule has 0 radical (unpaired) electrons. The van der Waals surface area contributed by atoms with E-state index in [1.165, 1.54) is 48.5 Å². The van der Waals surface area contributed by atoms with Gasteiger partial charge >= 0.3 is 11.9 Å². The zero-order valence-electron chi connectivity index (χ0n) is 23.7. The molecule has 0 aliphatic carbocycles. The van der Waals surface area contributed by atoms with Crippen LogP contribution in [-0.4, -0.2) is 43.1 Å². The molecule has 1 aliphatic heterocycles. The third-order valence-corrected chi connectivity index (χ3v) is 6.90. The van der Waals surface area contributed by atoms with Crippen molar-refractivity contribution in [2.45, 2.75) is 31.8 Å². The average Bonchev–Trinajstić information content (AvgIpc) is 3.30. The first kappa shape index (κ1) is 31.7. The second-order valence-electron chi connectivity index (χ2n) is 10.6. The molecule has 1 heterocycles. The second kappa shape index (κ2) is 12.7. The molecule has 1 saturated heterocycles. The number of halogens is 6. The molecule has 1 fully saturated rings. The van der Waals surface area contributed by atoms with E-state index in [4.69, 9.17) is 18.9 Å². The zero-order chi connectivity index (χ0) is 32.5. The van der Waals surface area contributed by atoms with Gasteiger partial charge in [-0.15, -0.1) is 0 Å². The van der Waals surface area contributed by atoms with Gasteiger partial charge in [0.15, 0.2) is 23.2 Å². The maximum Gasteiger partial charge on any atom is 0.338 e. The Hall–Kier alpha value is -4.68. The summed E-state index contributed by atoms with van der Waals surface area (Å²) in [4.78, 5) is 25.3. The van der Waals surface area contributed by atoms with Crippen LogP contribution in [-0.2, 0) is 18.9 Å². The molecule has 5 rings (SSSR count). The molecule has 0 amide bonds. The molecule has 45 heavy (non-hydrogen) atoms. The Morgan fingerprint density at radius 3 is 1.49 bits per heavy atom. The van der Waals surface area contributed by atoms with Crippen LogP contribution in [0.3, 0.4) is 0 Å². The Morgan fingerprint density at radius 1 is 0.622 bits per heavy atom. The molecule has 0 aromatic heterocycles. The van der Waals surface area contributed by atoms with Crippen molar-refractivity contribution in [1.29, 1.82) is 0 Å². The molecule has 0 N–H and O–H groups in total. The van der Waals surface area contributed by atoms with Gasteiger partial charge in [-0.05, 0) is 66.9 Å². The van der Waals surface area contributed by atoms with Crippen molar-refractivity contribution in [3.63, 3.8) is 0 Å². The van der Waals surface area contributed by atoms with Gasteiger partial charge in [0.1, 0.15) is 42.9 Å². The fourth-order valence-corrected chi connectivity index (χ4v) is 4.79. The summed E-state index contributed by atoms with van der Waals surface area (Å²) in [6, 6.07) is 13.5. The molecule has 0 saturated carbocycles. The molecule has 12 heteroatoms. The number of hydrogen-bond acceptors (Lipinski definition) is 6. The summed E-state index contributed by atoms with van der Waals surface area (Å²) in [5.74, 6) is -10.1. The molecular formula is C33H24F6O6. The van der Waals surface area contributed by atoms with E-state index in [-0.39, 0.29) is 35.5 Å². The van der Waals surface area contributed by atoms with Gasteiger partial charge in [-0.3, -0.25) is 0 Å². The van der Waals surface area contributed by atoms with Crippen LogP contribution >= 0.6 is 0 Å². The Bertz CT molecular complexity index is 1690. The van der Waals surface area contributed by atoms with E-state index in [0.29, 0.717) is 17.7 Å². The second-order valence-corrected chi connectivity index (χ2v) is 10.6. The van der Waals surface area contributed by atoms with Gasteiger partial charge in [-0.25, -0.2) is 35.9 Å². The zero-order valence-corrected chi connectivity index (χ0v) is 23.7. The summed E-state index contributed by atoms with van der Waals surface area (Å²) in [6.45, 7) is 2.68. The Balaban J connectivity index is 1.18. The minimum atomic E-state index is -1.58. The lowest BCUT2D eigenvalue weighted by Gasteiger charge is -2.17. The van der Waals surface area contributed by atoms with Crippen LogP contribution in [0.1, 0.15) is 34.6 Å². The summed E-state index contributed by atoms with van der Waals surface area (Å²) in [7, 11) is 0. The van der Waals surface area contributed by atoms with E-state index >= 15 is 0 Å².